The first-order chi connectivity index (χ1) is 15.2. The number of hydrogen-bond donors (Lipinski definition) is 3. The van der Waals surface area contributed by atoms with Crippen molar-refractivity contribution >= 4 is 12.1 Å². The Labute approximate surface area is 187 Å². The number of halogens is 1. The highest BCUT2D eigenvalue weighted by molar-refractivity contribution is 5.76. The topological polar surface area (TPSA) is 90.9 Å². The average molecular weight is 444 g/mol. The van der Waals surface area contributed by atoms with Gasteiger partial charge in [0.1, 0.15) is 11.4 Å². The van der Waals surface area contributed by atoms with Crippen molar-refractivity contribution in [2.45, 2.75) is 44.9 Å². The molecule has 2 aromatic carbocycles. The number of benzene rings is 2. The molecule has 3 rings (SSSR count). The van der Waals surface area contributed by atoms with Gasteiger partial charge in [0.25, 0.3) is 0 Å². The summed E-state index contributed by atoms with van der Waals surface area (Å²) < 4.78 is 18.7. The molecule has 0 unspecified atom stereocenters. The summed E-state index contributed by atoms with van der Waals surface area (Å²) in [7, 11) is 0. The molecular formula is C24H30FN3O4. The molecule has 3 N–H and O–H groups in total. The van der Waals surface area contributed by atoms with E-state index in [-0.39, 0.29) is 31.0 Å². The number of carbonyl (C=O) groups is 2. The fourth-order valence-corrected chi connectivity index (χ4v) is 3.74. The zero-order valence-corrected chi connectivity index (χ0v) is 18.6. The standard InChI is InChI=1S/C24H30FN3O4/c1-24(2,3)32-23(31)27-19(15-29)14-26-22(30)28-13-12-16-6-4-5-7-20(16)21(28)17-8-10-18(25)11-9-17/h4-11,19,21,29H,12-15H2,1-3H3,(H,26,30)(H,27,31)/t19-,21+/m1/s1. The van der Waals surface area contributed by atoms with E-state index in [0.717, 1.165) is 16.7 Å². The van der Waals surface area contributed by atoms with Crippen molar-refractivity contribution in [3.05, 3.63) is 71.0 Å². The average Bonchev–Trinajstić information content (AvgIpc) is 2.75. The minimum atomic E-state index is -0.699. The molecule has 0 saturated heterocycles. The van der Waals surface area contributed by atoms with Gasteiger partial charge in [0.15, 0.2) is 0 Å². The van der Waals surface area contributed by atoms with Gasteiger partial charge in [-0.05, 0) is 56.0 Å². The first-order valence-corrected chi connectivity index (χ1v) is 10.7. The molecule has 0 radical (unpaired) electrons. The van der Waals surface area contributed by atoms with Crippen LogP contribution in [0, 0.1) is 5.82 Å². The third-order valence-electron chi connectivity index (χ3n) is 5.17. The molecule has 3 amide bonds. The Morgan fingerprint density at radius 1 is 1.19 bits per heavy atom. The van der Waals surface area contributed by atoms with E-state index in [1.54, 1.807) is 37.8 Å². The normalized spacial score (nSPS) is 16.7. The molecule has 172 valence electrons. The van der Waals surface area contributed by atoms with Crippen LogP contribution in [-0.2, 0) is 11.2 Å². The van der Waals surface area contributed by atoms with E-state index in [4.69, 9.17) is 4.74 Å². The van der Waals surface area contributed by atoms with Crippen molar-refractivity contribution in [3.63, 3.8) is 0 Å². The molecule has 2 atom stereocenters. The molecule has 7 nitrogen and oxygen atoms in total. The molecule has 2 aromatic rings. The Balaban J connectivity index is 1.73. The molecular weight excluding hydrogens is 413 g/mol. The van der Waals surface area contributed by atoms with Gasteiger partial charge in [-0.25, -0.2) is 14.0 Å². The lowest BCUT2D eigenvalue weighted by molar-refractivity contribution is 0.0482. The third-order valence-corrected chi connectivity index (χ3v) is 5.17. The Hall–Kier alpha value is -3.13. The Morgan fingerprint density at radius 3 is 2.53 bits per heavy atom. The van der Waals surface area contributed by atoms with Crippen molar-refractivity contribution in [2.24, 2.45) is 0 Å². The minimum absolute atomic E-state index is 0.0306. The predicted molar refractivity (Wildman–Crippen MR) is 119 cm³/mol. The number of carbonyl (C=O) groups excluding carboxylic acids is 2. The second kappa shape index (κ2) is 9.99. The van der Waals surface area contributed by atoms with Crippen molar-refractivity contribution < 1.29 is 23.8 Å². The second-order valence-electron chi connectivity index (χ2n) is 8.81. The molecule has 0 spiro atoms. The molecule has 0 saturated carbocycles. The lowest BCUT2D eigenvalue weighted by atomic mass is 9.88. The van der Waals surface area contributed by atoms with Gasteiger partial charge in [-0.15, -0.1) is 0 Å². The number of fused-ring (bicyclic) bond motifs is 1. The molecule has 8 heteroatoms. The van der Waals surface area contributed by atoms with Gasteiger partial charge in [-0.3, -0.25) is 0 Å². The quantitative estimate of drug-likeness (QED) is 0.661. The van der Waals surface area contributed by atoms with Crippen LogP contribution in [0.25, 0.3) is 0 Å². The van der Waals surface area contributed by atoms with Crippen LogP contribution in [0.3, 0.4) is 0 Å². The predicted octanol–water partition coefficient (Wildman–Crippen LogP) is 3.37. The summed E-state index contributed by atoms with van der Waals surface area (Å²) in [4.78, 5) is 26.8. The number of rotatable bonds is 5. The lowest BCUT2D eigenvalue weighted by Crippen LogP contribution is -2.51. The lowest BCUT2D eigenvalue weighted by Gasteiger charge is -2.38. The molecule has 1 aliphatic rings. The van der Waals surface area contributed by atoms with Crippen LogP contribution in [-0.4, -0.2) is 53.5 Å². The van der Waals surface area contributed by atoms with E-state index in [1.165, 1.54) is 12.1 Å². The van der Waals surface area contributed by atoms with Gasteiger partial charge < -0.3 is 25.4 Å². The van der Waals surface area contributed by atoms with Crippen LogP contribution in [0.4, 0.5) is 14.0 Å². The number of aliphatic hydroxyl groups excluding tert-OH is 1. The van der Waals surface area contributed by atoms with Crippen LogP contribution in [0.2, 0.25) is 0 Å². The van der Waals surface area contributed by atoms with Crippen LogP contribution in [0.5, 0.6) is 0 Å². The first kappa shape index (κ1) is 23.5. The summed E-state index contributed by atoms with van der Waals surface area (Å²) in [6, 6.07) is 12.6. The fraction of sp³-hybridized carbons (Fsp3) is 0.417. The zero-order chi connectivity index (χ0) is 23.3. The van der Waals surface area contributed by atoms with Gasteiger partial charge in [0.2, 0.25) is 0 Å². The Bertz CT molecular complexity index is 943. The maximum absolute atomic E-state index is 13.5. The summed E-state index contributed by atoms with van der Waals surface area (Å²) in [5, 5.41) is 15.0. The highest BCUT2D eigenvalue weighted by Gasteiger charge is 2.32. The van der Waals surface area contributed by atoms with Crippen LogP contribution in [0.1, 0.15) is 43.5 Å². The van der Waals surface area contributed by atoms with Crippen LogP contribution in [0.15, 0.2) is 48.5 Å². The molecule has 1 aliphatic heterocycles. The summed E-state index contributed by atoms with van der Waals surface area (Å²) >= 11 is 0. The number of urea groups is 1. The van der Waals surface area contributed by atoms with Crippen molar-refractivity contribution in [3.8, 4) is 0 Å². The maximum atomic E-state index is 13.5. The first-order valence-electron chi connectivity index (χ1n) is 10.7. The summed E-state index contributed by atoms with van der Waals surface area (Å²) in [5.74, 6) is -0.340. The Kier molecular flexibility index (Phi) is 7.35. The van der Waals surface area contributed by atoms with Crippen LogP contribution >= 0.6 is 0 Å². The van der Waals surface area contributed by atoms with E-state index < -0.39 is 17.7 Å². The van der Waals surface area contributed by atoms with Crippen molar-refractivity contribution in [2.75, 3.05) is 19.7 Å². The monoisotopic (exact) mass is 443 g/mol. The largest absolute Gasteiger partial charge is 0.444 e. The zero-order valence-electron chi connectivity index (χ0n) is 18.6. The number of aliphatic hydroxyl groups is 1. The van der Waals surface area contributed by atoms with Gasteiger partial charge in [-0.1, -0.05) is 36.4 Å². The molecule has 32 heavy (non-hydrogen) atoms. The molecule has 0 bridgehead atoms. The SMILES string of the molecule is CC(C)(C)OC(=O)N[C@@H](CO)CNC(=O)N1CCc2ccccc2[C@@H]1c1ccc(F)cc1. The number of hydrogen-bond acceptors (Lipinski definition) is 4. The third kappa shape index (κ3) is 5.97. The minimum Gasteiger partial charge on any atom is -0.444 e. The summed E-state index contributed by atoms with van der Waals surface area (Å²) in [5.41, 5.74) is 2.27. The molecule has 0 aliphatic carbocycles. The van der Waals surface area contributed by atoms with E-state index >= 15 is 0 Å². The maximum Gasteiger partial charge on any atom is 0.408 e. The molecule has 1 heterocycles. The Morgan fingerprint density at radius 2 is 1.88 bits per heavy atom. The summed E-state index contributed by atoms with van der Waals surface area (Å²) in [6.07, 6.45) is 0.0304. The fourth-order valence-electron chi connectivity index (χ4n) is 3.74. The van der Waals surface area contributed by atoms with Gasteiger partial charge in [-0.2, -0.15) is 0 Å². The van der Waals surface area contributed by atoms with Crippen molar-refractivity contribution in [1.82, 2.24) is 15.5 Å². The van der Waals surface area contributed by atoms with Gasteiger partial charge in [0, 0.05) is 13.1 Å². The molecule has 0 aromatic heterocycles. The number of nitrogens with zero attached hydrogens (tertiary/aromatic N) is 1. The second-order valence-corrected chi connectivity index (χ2v) is 8.81. The smallest absolute Gasteiger partial charge is 0.408 e. The highest BCUT2D eigenvalue weighted by atomic mass is 19.1. The van der Waals surface area contributed by atoms with Gasteiger partial charge >= 0.3 is 12.1 Å². The van der Waals surface area contributed by atoms with E-state index in [9.17, 15) is 19.1 Å². The van der Waals surface area contributed by atoms with E-state index in [1.807, 2.05) is 24.3 Å². The van der Waals surface area contributed by atoms with E-state index in [2.05, 4.69) is 10.6 Å². The number of amides is 3. The number of nitrogens with one attached hydrogen (secondary N) is 2. The molecule has 0 fully saturated rings. The number of ether oxygens (including phenoxy) is 1. The summed E-state index contributed by atoms with van der Waals surface area (Å²) in [6.45, 7) is 5.38. The van der Waals surface area contributed by atoms with Crippen LogP contribution < -0.4 is 10.6 Å². The number of alkyl carbamates (subject to hydrolysis) is 1. The van der Waals surface area contributed by atoms with Crippen molar-refractivity contribution in [1.29, 1.82) is 0 Å². The van der Waals surface area contributed by atoms with Gasteiger partial charge in [0.05, 0.1) is 18.7 Å². The highest BCUT2D eigenvalue weighted by Crippen LogP contribution is 2.35. The van der Waals surface area contributed by atoms with E-state index in [0.29, 0.717) is 13.0 Å².